The zero-order valence-electron chi connectivity index (χ0n) is 19.5. The van der Waals surface area contributed by atoms with E-state index in [1.807, 2.05) is 18.5 Å². The summed E-state index contributed by atoms with van der Waals surface area (Å²) in [5.74, 6) is 0. The van der Waals surface area contributed by atoms with Crippen molar-refractivity contribution >= 4 is 10.9 Å². The van der Waals surface area contributed by atoms with Crippen LogP contribution < -0.4 is 0 Å². The fourth-order valence-corrected chi connectivity index (χ4v) is 6.23. The highest BCUT2D eigenvalue weighted by Crippen LogP contribution is 2.52. The van der Waals surface area contributed by atoms with Gasteiger partial charge in [-0.2, -0.15) is 0 Å². The highest BCUT2D eigenvalue weighted by Gasteiger charge is 2.49. The summed E-state index contributed by atoms with van der Waals surface area (Å²) >= 11 is 0. The fourth-order valence-electron chi connectivity index (χ4n) is 6.23. The molecule has 2 aromatic carbocycles. The Hall–Kier alpha value is -2.95. The van der Waals surface area contributed by atoms with Gasteiger partial charge in [-0.3, -0.25) is 9.88 Å². The maximum Gasteiger partial charge on any atom is 0.108 e. The zero-order valence-corrected chi connectivity index (χ0v) is 19.5. The van der Waals surface area contributed by atoms with Gasteiger partial charge >= 0.3 is 0 Å². The molecule has 4 heteroatoms. The third-order valence-corrected chi connectivity index (χ3v) is 8.14. The van der Waals surface area contributed by atoms with Gasteiger partial charge in [-0.05, 0) is 81.1 Å². The molecule has 0 saturated heterocycles. The Kier molecular flexibility index (Phi) is 5.83. The maximum atomic E-state index is 6.63. The monoisotopic (exact) mass is 453 g/mol. The van der Waals surface area contributed by atoms with E-state index in [1.54, 1.807) is 0 Å². The number of hydrogen-bond acceptors (Lipinski definition) is 3. The van der Waals surface area contributed by atoms with Crippen LogP contribution in [0.3, 0.4) is 0 Å². The molecule has 1 N–H and O–H groups in total. The van der Waals surface area contributed by atoms with Crippen LogP contribution >= 0.6 is 0 Å². The summed E-state index contributed by atoms with van der Waals surface area (Å²) in [7, 11) is 4.45. The van der Waals surface area contributed by atoms with E-state index < -0.39 is 0 Å². The van der Waals surface area contributed by atoms with Gasteiger partial charge in [0.15, 0.2) is 0 Å². The predicted molar refractivity (Wildman–Crippen MR) is 140 cm³/mol. The van der Waals surface area contributed by atoms with E-state index in [0.29, 0.717) is 0 Å². The Balaban J connectivity index is 0.00000241. The second-order valence-corrected chi connectivity index (χ2v) is 9.87. The number of aromatic nitrogens is 2. The number of rotatable bonds is 3. The first kappa shape index (κ1) is 22.8. The van der Waals surface area contributed by atoms with Crippen LogP contribution in [-0.4, -0.2) is 35.6 Å². The van der Waals surface area contributed by atoms with Gasteiger partial charge in [0, 0.05) is 34.4 Å². The molecule has 0 unspecified atom stereocenters. The van der Waals surface area contributed by atoms with Gasteiger partial charge in [-0.25, -0.2) is 0 Å². The molecule has 34 heavy (non-hydrogen) atoms. The SMILES string of the molecule is C.CN(C)C1(c2ccccc2)CCC2(CC1)OCCc1c2[nH]c2ccc(-c3cccnc3)cc12. The molecule has 0 atom stereocenters. The summed E-state index contributed by atoms with van der Waals surface area (Å²) in [4.78, 5) is 10.5. The van der Waals surface area contributed by atoms with Crippen LogP contribution in [0.2, 0.25) is 0 Å². The van der Waals surface area contributed by atoms with Crippen molar-refractivity contribution in [1.82, 2.24) is 14.9 Å². The molecule has 4 aromatic rings. The molecular weight excluding hydrogens is 418 g/mol. The zero-order chi connectivity index (χ0) is 22.5. The van der Waals surface area contributed by atoms with Gasteiger partial charge in [-0.1, -0.05) is 49.9 Å². The smallest absolute Gasteiger partial charge is 0.108 e. The first-order valence-electron chi connectivity index (χ1n) is 12.0. The van der Waals surface area contributed by atoms with Crippen LogP contribution in [0.1, 0.15) is 49.9 Å². The average Bonchev–Trinajstić information content (AvgIpc) is 3.25. The quantitative estimate of drug-likeness (QED) is 0.377. The van der Waals surface area contributed by atoms with E-state index in [-0.39, 0.29) is 18.6 Å². The molecular formula is C30H35N3O. The van der Waals surface area contributed by atoms with E-state index >= 15 is 0 Å². The molecule has 2 aliphatic rings. The lowest BCUT2D eigenvalue weighted by Gasteiger charge is -2.50. The topological polar surface area (TPSA) is 41.1 Å². The van der Waals surface area contributed by atoms with E-state index in [9.17, 15) is 0 Å². The Labute approximate surface area is 203 Å². The number of ether oxygens (including phenoxy) is 1. The van der Waals surface area contributed by atoms with Crippen molar-refractivity contribution in [3.63, 3.8) is 0 Å². The Morgan fingerprint density at radius 1 is 0.912 bits per heavy atom. The van der Waals surface area contributed by atoms with Crippen LogP contribution in [0, 0.1) is 0 Å². The minimum Gasteiger partial charge on any atom is -0.368 e. The number of hydrogen-bond donors (Lipinski definition) is 1. The van der Waals surface area contributed by atoms with Crippen LogP contribution in [0.4, 0.5) is 0 Å². The summed E-state index contributed by atoms with van der Waals surface area (Å²) < 4.78 is 6.63. The predicted octanol–water partition coefficient (Wildman–Crippen LogP) is 6.67. The van der Waals surface area contributed by atoms with Crippen LogP contribution in [-0.2, 0) is 22.3 Å². The number of aromatic amines is 1. The van der Waals surface area contributed by atoms with Crippen LogP contribution in [0.25, 0.3) is 22.0 Å². The molecule has 3 heterocycles. The van der Waals surface area contributed by atoms with Gasteiger partial charge in [0.25, 0.3) is 0 Å². The number of nitrogens with zero attached hydrogens (tertiary/aromatic N) is 2. The number of H-pyrrole nitrogens is 1. The van der Waals surface area contributed by atoms with Crippen molar-refractivity contribution in [1.29, 1.82) is 0 Å². The summed E-state index contributed by atoms with van der Waals surface area (Å²) in [5.41, 5.74) is 7.61. The van der Waals surface area contributed by atoms with E-state index in [0.717, 1.165) is 44.3 Å². The van der Waals surface area contributed by atoms with Crippen molar-refractivity contribution in [2.45, 2.75) is 50.7 Å². The molecule has 2 aromatic heterocycles. The first-order valence-corrected chi connectivity index (χ1v) is 12.0. The minimum atomic E-state index is -0.213. The van der Waals surface area contributed by atoms with Crippen molar-refractivity contribution in [2.75, 3.05) is 20.7 Å². The Morgan fingerprint density at radius 2 is 1.71 bits per heavy atom. The molecule has 1 aliphatic carbocycles. The van der Waals surface area contributed by atoms with Crippen molar-refractivity contribution in [2.24, 2.45) is 0 Å². The number of pyridine rings is 1. The summed E-state index contributed by atoms with van der Waals surface area (Å²) in [6.45, 7) is 0.789. The van der Waals surface area contributed by atoms with Gasteiger partial charge in [-0.15, -0.1) is 0 Å². The molecule has 0 radical (unpaired) electrons. The molecule has 6 rings (SSSR count). The third-order valence-electron chi connectivity index (χ3n) is 8.14. The highest BCUT2D eigenvalue weighted by atomic mass is 16.5. The highest BCUT2D eigenvalue weighted by molar-refractivity contribution is 5.89. The molecule has 1 saturated carbocycles. The Morgan fingerprint density at radius 3 is 2.41 bits per heavy atom. The normalized spacial score (nSPS) is 24.2. The first-order chi connectivity index (χ1) is 16.1. The second-order valence-electron chi connectivity index (χ2n) is 9.87. The standard InChI is InChI=1S/C29H31N3O.CH4/c1-32(2)28(23-8-4-3-5-9-23)13-15-29(16-14-28)27-24(12-18-33-29)25-19-21(10-11-26(25)31-27)22-7-6-17-30-20-22;/h3-11,17,19-20,31H,12-16,18H2,1-2H3;1H4. The minimum absolute atomic E-state index is 0. The average molecular weight is 454 g/mol. The summed E-state index contributed by atoms with van der Waals surface area (Å²) in [6.07, 6.45) is 8.94. The maximum absolute atomic E-state index is 6.63. The molecule has 1 fully saturated rings. The second kappa shape index (κ2) is 8.68. The molecule has 1 spiro atoms. The molecule has 176 valence electrons. The molecule has 0 bridgehead atoms. The number of fused-ring (bicyclic) bond motifs is 4. The van der Waals surface area contributed by atoms with E-state index in [4.69, 9.17) is 4.74 Å². The van der Waals surface area contributed by atoms with Crippen LogP contribution in [0.15, 0.2) is 73.1 Å². The number of nitrogens with one attached hydrogen (secondary N) is 1. The van der Waals surface area contributed by atoms with Gasteiger partial charge < -0.3 is 9.72 Å². The van der Waals surface area contributed by atoms with E-state index in [1.165, 1.54) is 33.3 Å². The van der Waals surface area contributed by atoms with E-state index in [2.05, 4.69) is 83.6 Å². The van der Waals surface area contributed by atoms with Crippen molar-refractivity contribution < 1.29 is 4.74 Å². The lowest BCUT2D eigenvalue weighted by Crippen LogP contribution is -2.50. The summed E-state index contributed by atoms with van der Waals surface area (Å²) in [6, 6.07) is 21.9. The fraction of sp³-hybridized carbons (Fsp3) is 0.367. The Bertz CT molecular complexity index is 1270. The lowest BCUT2D eigenvalue weighted by atomic mass is 9.68. The van der Waals surface area contributed by atoms with Crippen LogP contribution in [0.5, 0.6) is 0 Å². The third kappa shape index (κ3) is 3.48. The molecule has 1 aliphatic heterocycles. The largest absolute Gasteiger partial charge is 0.368 e. The van der Waals surface area contributed by atoms with Crippen molar-refractivity contribution in [3.05, 3.63) is 89.9 Å². The number of benzene rings is 2. The van der Waals surface area contributed by atoms with Gasteiger partial charge in [0.2, 0.25) is 0 Å². The van der Waals surface area contributed by atoms with Gasteiger partial charge in [0.1, 0.15) is 5.60 Å². The lowest BCUT2D eigenvalue weighted by molar-refractivity contribution is -0.113. The summed E-state index contributed by atoms with van der Waals surface area (Å²) in [5, 5.41) is 1.33. The molecule has 0 amide bonds. The van der Waals surface area contributed by atoms with Crippen molar-refractivity contribution in [3.8, 4) is 11.1 Å². The molecule has 4 nitrogen and oxygen atoms in total. The van der Waals surface area contributed by atoms with Gasteiger partial charge in [0.05, 0.1) is 12.3 Å².